The highest BCUT2D eigenvalue weighted by Crippen LogP contribution is 2.27. The molecule has 192 valence electrons. The smallest absolute Gasteiger partial charge is 0.341 e. The van der Waals surface area contributed by atoms with Crippen molar-refractivity contribution in [1.29, 1.82) is 0 Å². The molecule has 0 spiro atoms. The van der Waals surface area contributed by atoms with Crippen LogP contribution in [0.4, 0.5) is 0 Å². The van der Waals surface area contributed by atoms with Crippen molar-refractivity contribution in [2.45, 2.75) is 50.7 Å². The fourth-order valence-corrected chi connectivity index (χ4v) is 4.82. The van der Waals surface area contributed by atoms with Crippen LogP contribution in [0.1, 0.15) is 38.5 Å². The third-order valence-electron chi connectivity index (χ3n) is 4.68. The maximum Gasteiger partial charge on any atom is 0.341 e. The zero-order valence-corrected chi connectivity index (χ0v) is 22.5. The lowest BCUT2D eigenvalue weighted by atomic mass is 10.1. The summed E-state index contributed by atoms with van der Waals surface area (Å²) in [5.41, 5.74) is 0. The Kier molecular flexibility index (Phi) is 21.5. The monoisotopic (exact) mass is 538 g/mol. The van der Waals surface area contributed by atoms with Gasteiger partial charge in [-0.05, 0) is 12.5 Å². The number of unbranched alkanes of at least 4 members (excludes halogenated alkanes) is 5. The molecule has 0 N–H and O–H groups in total. The quantitative estimate of drug-likeness (QED) is 0.218. The molecule has 0 bridgehead atoms. The second-order valence-corrected chi connectivity index (χ2v) is 16.9. The van der Waals surface area contributed by atoms with Crippen LogP contribution < -0.4 is 0 Å². The summed E-state index contributed by atoms with van der Waals surface area (Å²) >= 11 is 17.7. The molecule has 1 heterocycles. The van der Waals surface area contributed by atoms with E-state index < -0.39 is 6.00 Å². The summed E-state index contributed by atoms with van der Waals surface area (Å²) in [7, 11) is 0. The van der Waals surface area contributed by atoms with E-state index in [0.717, 1.165) is 38.3 Å². The third-order valence-corrected chi connectivity index (χ3v) is 7.30. The lowest BCUT2D eigenvalue weighted by molar-refractivity contribution is -0.0846. The van der Waals surface area contributed by atoms with Crippen LogP contribution in [0.15, 0.2) is 0 Å². The molecule has 11 heteroatoms. The van der Waals surface area contributed by atoms with Gasteiger partial charge in [0.25, 0.3) is 0 Å². The Morgan fingerprint density at radius 1 is 0.594 bits per heavy atom. The van der Waals surface area contributed by atoms with Crippen LogP contribution in [0, 0.1) is 0 Å². The Bertz CT molecular complexity index is 388. The van der Waals surface area contributed by atoms with E-state index in [9.17, 15) is 0 Å². The molecular formula is C21H41Cl3O7Si. The lowest BCUT2D eigenvalue weighted by Crippen LogP contribution is -2.28. The minimum absolute atomic E-state index is 0.122. The zero-order chi connectivity index (χ0) is 23.2. The summed E-state index contributed by atoms with van der Waals surface area (Å²) in [4.78, 5) is 0. The summed E-state index contributed by atoms with van der Waals surface area (Å²) in [6, 6.07) is -1.69. The zero-order valence-electron chi connectivity index (χ0n) is 19.2. The van der Waals surface area contributed by atoms with Gasteiger partial charge < -0.3 is 33.2 Å². The Morgan fingerprint density at radius 3 is 1.62 bits per heavy atom. The van der Waals surface area contributed by atoms with Crippen molar-refractivity contribution in [3.63, 3.8) is 0 Å². The van der Waals surface area contributed by atoms with Gasteiger partial charge in [-0.25, -0.2) is 0 Å². The number of rotatable bonds is 11. The van der Waals surface area contributed by atoms with Gasteiger partial charge in [0.15, 0.2) is 0 Å². The van der Waals surface area contributed by atoms with Crippen molar-refractivity contribution in [3.05, 3.63) is 0 Å². The van der Waals surface area contributed by atoms with E-state index in [1.807, 2.05) is 0 Å². The molecule has 0 amide bonds. The fourth-order valence-electron chi connectivity index (χ4n) is 2.96. The molecule has 0 radical (unpaired) electrons. The van der Waals surface area contributed by atoms with Gasteiger partial charge in [0.2, 0.25) is 0 Å². The average Bonchev–Trinajstić information content (AvgIpc) is 2.75. The van der Waals surface area contributed by atoms with Crippen molar-refractivity contribution >= 4 is 39.2 Å². The average molecular weight is 540 g/mol. The maximum atomic E-state index is 5.90. The van der Waals surface area contributed by atoms with Crippen LogP contribution in [0.25, 0.3) is 0 Å². The third kappa shape index (κ3) is 22.6. The Morgan fingerprint density at radius 2 is 1.06 bits per heavy atom. The molecule has 1 aliphatic heterocycles. The van der Waals surface area contributed by atoms with Gasteiger partial charge in [0, 0.05) is 6.61 Å². The predicted octanol–water partition coefficient (Wildman–Crippen LogP) is 4.48. The van der Waals surface area contributed by atoms with E-state index in [2.05, 4.69) is 0 Å². The van der Waals surface area contributed by atoms with E-state index in [4.69, 9.17) is 66.4 Å². The molecule has 0 aromatic rings. The molecule has 1 rings (SSSR count). The molecule has 0 saturated carbocycles. The van der Waals surface area contributed by atoms with E-state index in [1.165, 1.54) is 12.8 Å². The first-order valence-corrected chi connectivity index (χ1v) is 17.0. The number of ether oxygens (including phenoxy) is 7. The number of halogens is 3. The highest BCUT2D eigenvalue weighted by atomic mass is 35.8. The van der Waals surface area contributed by atoms with Crippen LogP contribution in [0.3, 0.4) is 0 Å². The summed E-state index contributed by atoms with van der Waals surface area (Å²) < 4.78 is 39.3. The molecule has 0 aliphatic carbocycles. The van der Waals surface area contributed by atoms with Crippen molar-refractivity contribution in [2.75, 3.05) is 85.9 Å². The van der Waals surface area contributed by atoms with Crippen LogP contribution in [-0.4, -0.2) is 98.0 Å². The highest BCUT2D eigenvalue weighted by molar-refractivity contribution is 7.64. The van der Waals surface area contributed by atoms with Crippen molar-refractivity contribution < 1.29 is 33.2 Å². The van der Waals surface area contributed by atoms with Crippen LogP contribution >= 0.6 is 33.2 Å². The van der Waals surface area contributed by atoms with Crippen LogP contribution in [0.2, 0.25) is 6.04 Å². The summed E-state index contributed by atoms with van der Waals surface area (Å²) in [5, 5.41) is 0. The second kappa shape index (κ2) is 22.3. The van der Waals surface area contributed by atoms with Crippen LogP contribution in [0.5, 0.6) is 0 Å². The first-order valence-electron chi connectivity index (χ1n) is 11.7. The lowest BCUT2D eigenvalue weighted by Gasteiger charge is -2.19. The van der Waals surface area contributed by atoms with Gasteiger partial charge in [-0.2, -0.15) is 0 Å². The summed E-state index contributed by atoms with van der Waals surface area (Å²) in [5.74, 6) is 0. The Balaban J connectivity index is 2.09. The van der Waals surface area contributed by atoms with Crippen molar-refractivity contribution in [3.8, 4) is 0 Å². The van der Waals surface area contributed by atoms with Crippen LogP contribution in [-0.2, 0) is 33.2 Å². The highest BCUT2D eigenvalue weighted by Gasteiger charge is 2.23. The molecule has 1 fully saturated rings. The first-order chi connectivity index (χ1) is 15.6. The SMILES string of the molecule is Cl[Si](Cl)(Cl)CCCCCCCCOCC1COCCOCCOCCOCCOCCO1. The molecule has 7 nitrogen and oxygen atoms in total. The van der Waals surface area contributed by atoms with Gasteiger partial charge in [0.1, 0.15) is 6.10 Å². The van der Waals surface area contributed by atoms with E-state index in [-0.39, 0.29) is 6.10 Å². The first kappa shape index (κ1) is 30.8. The molecule has 1 unspecified atom stereocenters. The summed E-state index contributed by atoms with van der Waals surface area (Å²) in [6.45, 7) is 7.04. The maximum absolute atomic E-state index is 5.90. The second-order valence-electron chi connectivity index (χ2n) is 7.58. The van der Waals surface area contributed by atoms with Crippen molar-refractivity contribution in [1.82, 2.24) is 0 Å². The Hall–Kier alpha value is 0.807. The molecule has 1 saturated heterocycles. The molecule has 0 aromatic heterocycles. The summed E-state index contributed by atoms with van der Waals surface area (Å²) in [6.07, 6.45) is 6.54. The minimum Gasteiger partial charge on any atom is -0.379 e. The van der Waals surface area contributed by atoms with Crippen molar-refractivity contribution in [2.24, 2.45) is 0 Å². The van der Waals surface area contributed by atoms with Gasteiger partial charge >= 0.3 is 6.00 Å². The largest absolute Gasteiger partial charge is 0.379 e. The predicted molar refractivity (Wildman–Crippen MR) is 130 cm³/mol. The van der Waals surface area contributed by atoms with E-state index >= 15 is 0 Å². The molecular weight excluding hydrogens is 499 g/mol. The van der Waals surface area contributed by atoms with Gasteiger partial charge in [0.05, 0.1) is 79.3 Å². The van der Waals surface area contributed by atoms with Gasteiger partial charge in [-0.15, -0.1) is 33.2 Å². The molecule has 1 aliphatic rings. The fraction of sp³-hybridized carbons (Fsp3) is 1.00. The van der Waals surface area contributed by atoms with Gasteiger partial charge in [-0.1, -0.05) is 32.1 Å². The van der Waals surface area contributed by atoms with Gasteiger partial charge in [-0.3, -0.25) is 0 Å². The minimum atomic E-state index is -2.44. The normalized spacial score (nSPS) is 21.7. The number of hydrogen-bond acceptors (Lipinski definition) is 7. The van der Waals surface area contributed by atoms with E-state index in [0.29, 0.717) is 79.3 Å². The standard InChI is InChI=1S/C21H41Cl3O7Si/c22-32(23,24)18-6-4-2-1-3-5-7-29-19-21-20-30-15-14-27-11-10-25-8-9-26-12-13-28-16-17-31-21/h21H,1-20H2. The Labute approximate surface area is 208 Å². The number of hydrogen-bond donors (Lipinski definition) is 0. The molecule has 32 heavy (non-hydrogen) atoms. The molecule has 1 atom stereocenters. The topological polar surface area (TPSA) is 64.6 Å². The van der Waals surface area contributed by atoms with E-state index in [1.54, 1.807) is 0 Å². The molecule has 0 aromatic carbocycles.